The molecule has 0 aromatic rings. The molecule has 0 saturated heterocycles. The number of likely N-dealkylation sites (N-methyl/N-ethyl adjacent to an activating group) is 1. The van der Waals surface area contributed by atoms with E-state index >= 15 is 0 Å². The predicted octanol–water partition coefficient (Wildman–Crippen LogP) is 9.57. The minimum Gasteiger partial charge on any atom is -0.387 e. The number of nitrogens with zero attached hydrogens (tertiary/aromatic N) is 1. The van der Waals surface area contributed by atoms with Crippen LogP contribution >= 0.6 is 7.82 Å². The van der Waals surface area contributed by atoms with Crippen LogP contribution in [0.1, 0.15) is 149 Å². The van der Waals surface area contributed by atoms with Crippen LogP contribution < -0.4 is 5.32 Å². The van der Waals surface area contributed by atoms with Crippen LogP contribution in [0.4, 0.5) is 0 Å². The number of carbonyl (C=O) groups excluding carboxylic acids is 1. The van der Waals surface area contributed by atoms with Crippen molar-refractivity contribution < 1.29 is 32.9 Å². The highest BCUT2D eigenvalue weighted by Gasteiger charge is 2.27. The SMILES string of the molecule is CCCCC/C=C\CCCCCCCC(=O)NC(COP(=O)(O)OCC[N+](C)(C)C)C(O)/C=C/CC/C=C/CCCCCCCCC. The predicted molar refractivity (Wildman–Crippen MR) is 198 cm³/mol. The van der Waals surface area contributed by atoms with Crippen molar-refractivity contribution in [2.24, 2.45) is 0 Å². The summed E-state index contributed by atoms with van der Waals surface area (Å²) in [5.74, 6) is -0.201. The van der Waals surface area contributed by atoms with Gasteiger partial charge in [-0.1, -0.05) is 121 Å². The maximum absolute atomic E-state index is 12.8. The molecule has 8 nitrogen and oxygen atoms in total. The Balaban J connectivity index is 4.63. The van der Waals surface area contributed by atoms with E-state index in [1.165, 1.54) is 77.0 Å². The summed E-state index contributed by atoms with van der Waals surface area (Å²) in [5, 5.41) is 13.7. The second kappa shape index (κ2) is 30.8. The van der Waals surface area contributed by atoms with Gasteiger partial charge in [0.05, 0.1) is 39.9 Å². The number of phosphoric ester groups is 1. The minimum absolute atomic E-state index is 0.0540. The van der Waals surface area contributed by atoms with Gasteiger partial charge in [-0.25, -0.2) is 4.57 Å². The van der Waals surface area contributed by atoms with Crippen molar-refractivity contribution in [3.8, 4) is 0 Å². The van der Waals surface area contributed by atoms with Crippen molar-refractivity contribution in [1.82, 2.24) is 5.32 Å². The van der Waals surface area contributed by atoms with Gasteiger partial charge in [0, 0.05) is 6.42 Å². The zero-order valence-corrected chi connectivity index (χ0v) is 31.9. The fraction of sp³-hybridized carbons (Fsp3) is 0.816. The number of allylic oxidation sites excluding steroid dienone is 5. The molecule has 0 spiro atoms. The van der Waals surface area contributed by atoms with Gasteiger partial charge < -0.3 is 19.8 Å². The number of hydrogen-bond donors (Lipinski definition) is 3. The van der Waals surface area contributed by atoms with E-state index in [2.05, 4.69) is 43.5 Å². The Hall–Kier alpha value is -1.28. The summed E-state index contributed by atoms with van der Waals surface area (Å²) in [6.45, 7) is 4.72. The second-order valence-electron chi connectivity index (χ2n) is 13.9. The number of nitrogens with one attached hydrogen (secondary N) is 1. The molecule has 0 heterocycles. The summed E-state index contributed by atoms with van der Waals surface area (Å²) in [5.41, 5.74) is 0. The van der Waals surface area contributed by atoms with Crippen LogP contribution in [0.3, 0.4) is 0 Å². The molecule has 3 N–H and O–H groups in total. The van der Waals surface area contributed by atoms with E-state index < -0.39 is 20.0 Å². The highest BCUT2D eigenvalue weighted by molar-refractivity contribution is 7.47. The fourth-order valence-electron chi connectivity index (χ4n) is 4.99. The molecule has 0 aromatic carbocycles. The van der Waals surface area contributed by atoms with Crippen molar-refractivity contribution in [1.29, 1.82) is 0 Å². The molecule has 0 saturated carbocycles. The molecule has 1 amide bonds. The molecule has 0 aliphatic rings. The Bertz CT molecular complexity index is 871. The molecular formula is C38H74N2O6P+. The minimum atomic E-state index is -4.34. The first kappa shape index (κ1) is 45.7. The van der Waals surface area contributed by atoms with Gasteiger partial charge in [-0.15, -0.1) is 0 Å². The average molecular weight is 686 g/mol. The van der Waals surface area contributed by atoms with Crippen LogP contribution in [0.15, 0.2) is 36.5 Å². The highest BCUT2D eigenvalue weighted by atomic mass is 31.2. The van der Waals surface area contributed by atoms with E-state index in [1.807, 2.05) is 27.2 Å². The van der Waals surface area contributed by atoms with E-state index in [1.54, 1.807) is 6.08 Å². The van der Waals surface area contributed by atoms with Gasteiger partial charge >= 0.3 is 7.82 Å². The topological polar surface area (TPSA) is 105 Å². The lowest BCUT2D eigenvalue weighted by Gasteiger charge is -2.25. The van der Waals surface area contributed by atoms with Crippen molar-refractivity contribution in [2.45, 2.75) is 161 Å². The Labute approximate surface area is 289 Å². The number of quaternary nitrogens is 1. The number of unbranched alkanes of at least 4 members (excludes halogenated alkanes) is 16. The van der Waals surface area contributed by atoms with Crippen LogP contribution in [0.2, 0.25) is 0 Å². The van der Waals surface area contributed by atoms with Crippen LogP contribution in [0.5, 0.6) is 0 Å². The zero-order chi connectivity index (χ0) is 35.1. The van der Waals surface area contributed by atoms with Crippen molar-refractivity contribution in [3.63, 3.8) is 0 Å². The van der Waals surface area contributed by atoms with Gasteiger partial charge in [-0.05, 0) is 57.8 Å². The Morgan fingerprint density at radius 2 is 1.17 bits per heavy atom. The van der Waals surface area contributed by atoms with Crippen molar-refractivity contribution in [2.75, 3.05) is 40.9 Å². The summed E-state index contributed by atoms with van der Waals surface area (Å²) in [6.07, 6.45) is 34.9. The Kier molecular flexibility index (Phi) is 29.9. The third-order valence-electron chi connectivity index (χ3n) is 8.08. The van der Waals surface area contributed by atoms with Gasteiger partial charge in [0.25, 0.3) is 0 Å². The van der Waals surface area contributed by atoms with E-state index in [0.717, 1.165) is 51.4 Å². The number of aliphatic hydroxyl groups excluding tert-OH is 1. The quantitative estimate of drug-likeness (QED) is 0.0275. The molecule has 0 aliphatic heterocycles. The molecule has 0 aromatic heterocycles. The normalized spacial score (nSPS) is 15.1. The van der Waals surface area contributed by atoms with Gasteiger partial charge in [-0.2, -0.15) is 0 Å². The van der Waals surface area contributed by atoms with E-state index in [-0.39, 0.29) is 19.1 Å². The van der Waals surface area contributed by atoms with E-state index in [9.17, 15) is 19.4 Å². The molecule has 0 fully saturated rings. The van der Waals surface area contributed by atoms with E-state index in [4.69, 9.17) is 9.05 Å². The van der Waals surface area contributed by atoms with Crippen LogP contribution in [0.25, 0.3) is 0 Å². The second-order valence-corrected chi connectivity index (χ2v) is 15.4. The molecule has 0 rings (SSSR count). The summed E-state index contributed by atoms with van der Waals surface area (Å²) in [7, 11) is 1.54. The largest absolute Gasteiger partial charge is 0.472 e. The molecule has 0 bridgehead atoms. The lowest BCUT2D eigenvalue weighted by atomic mass is 10.1. The maximum atomic E-state index is 12.8. The Morgan fingerprint density at radius 3 is 1.74 bits per heavy atom. The zero-order valence-electron chi connectivity index (χ0n) is 31.0. The van der Waals surface area contributed by atoms with Crippen LogP contribution in [0, 0.1) is 0 Å². The van der Waals surface area contributed by atoms with Gasteiger partial charge in [0.2, 0.25) is 5.91 Å². The van der Waals surface area contributed by atoms with Gasteiger partial charge in [0.1, 0.15) is 13.2 Å². The molecule has 0 radical (unpaired) electrons. The number of phosphoric acid groups is 1. The average Bonchev–Trinajstić information content (AvgIpc) is 3.01. The number of amides is 1. The lowest BCUT2D eigenvalue weighted by molar-refractivity contribution is -0.870. The molecule has 3 atom stereocenters. The highest BCUT2D eigenvalue weighted by Crippen LogP contribution is 2.43. The smallest absolute Gasteiger partial charge is 0.387 e. The summed E-state index contributed by atoms with van der Waals surface area (Å²) >= 11 is 0. The summed E-state index contributed by atoms with van der Waals surface area (Å²) in [6, 6.07) is -0.863. The number of aliphatic hydroxyl groups is 1. The van der Waals surface area contributed by atoms with Crippen LogP contribution in [-0.2, 0) is 18.4 Å². The number of rotatable bonds is 33. The third kappa shape index (κ3) is 33.0. The monoisotopic (exact) mass is 686 g/mol. The standard InChI is InChI=1S/C38H73N2O6P/c1-6-8-10-12-14-16-18-20-21-23-25-27-29-31-37(41)36(35-46-47(43,44)45-34-33-40(3,4)5)39-38(42)32-30-28-26-24-22-19-17-15-13-11-9-7-2/h15,17,21,23,29,31,36-37,41H,6-14,16,18-20,22,24-28,30,32-35H2,1-5H3,(H-,39,42,43,44)/p+1/b17-15-,23-21+,31-29+. The Morgan fingerprint density at radius 1 is 0.702 bits per heavy atom. The third-order valence-corrected chi connectivity index (χ3v) is 9.07. The van der Waals surface area contributed by atoms with Crippen molar-refractivity contribution >= 4 is 13.7 Å². The number of hydrogen-bond acceptors (Lipinski definition) is 5. The van der Waals surface area contributed by atoms with Crippen LogP contribution in [-0.4, -0.2) is 73.4 Å². The van der Waals surface area contributed by atoms with Crippen molar-refractivity contribution in [3.05, 3.63) is 36.5 Å². The van der Waals surface area contributed by atoms with Gasteiger partial charge in [0.15, 0.2) is 0 Å². The fourth-order valence-corrected chi connectivity index (χ4v) is 5.73. The van der Waals surface area contributed by atoms with E-state index in [0.29, 0.717) is 17.4 Å². The molecular weight excluding hydrogens is 611 g/mol. The lowest BCUT2D eigenvalue weighted by Crippen LogP contribution is -2.45. The summed E-state index contributed by atoms with van der Waals surface area (Å²) < 4.78 is 23.4. The molecule has 47 heavy (non-hydrogen) atoms. The van der Waals surface area contributed by atoms with Gasteiger partial charge in [-0.3, -0.25) is 13.8 Å². The molecule has 276 valence electrons. The molecule has 0 aliphatic carbocycles. The first-order chi connectivity index (χ1) is 22.5. The first-order valence-corrected chi connectivity index (χ1v) is 20.4. The number of carbonyl (C=O) groups is 1. The molecule has 9 heteroatoms. The molecule has 3 unspecified atom stereocenters. The first-order valence-electron chi connectivity index (χ1n) is 18.9. The maximum Gasteiger partial charge on any atom is 0.472 e. The summed E-state index contributed by atoms with van der Waals surface area (Å²) in [4.78, 5) is 22.9.